The van der Waals surface area contributed by atoms with Gasteiger partial charge in [0.25, 0.3) is 0 Å². The molecule has 4 nitrogen and oxygen atoms in total. The second kappa shape index (κ2) is 6.87. The predicted octanol–water partition coefficient (Wildman–Crippen LogP) is 1.98. The number of aliphatic hydroxyl groups excluding tert-OH is 1. The summed E-state index contributed by atoms with van der Waals surface area (Å²) < 4.78 is 0. The van der Waals surface area contributed by atoms with Crippen LogP contribution in [-0.4, -0.2) is 29.3 Å². The van der Waals surface area contributed by atoms with Crippen LogP contribution in [0.4, 0.5) is 5.82 Å². The number of aromatic nitrogens is 1. The van der Waals surface area contributed by atoms with Crippen molar-refractivity contribution in [1.29, 1.82) is 0 Å². The van der Waals surface area contributed by atoms with Crippen molar-refractivity contribution in [3.63, 3.8) is 0 Å². The van der Waals surface area contributed by atoms with Crippen LogP contribution in [-0.2, 0) is 6.54 Å². The highest BCUT2D eigenvalue weighted by Crippen LogP contribution is 2.28. The number of hydrogen-bond acceptors (Lipinski definition) is 4. The Morgan fingerprint density at radius 2 is 2.11 bits per heavy atom. The third kappa shape index (κ3) is 3.45. The summed E-state index contributed by atoms with van der Waals surface area (Å²) in [6.07, 6.45) is 8.18. The molecule has 1 aromatic rings. The van der Waals surface area contributed by atoms with Gasteiger partial charge in [0, 0.05) is 25.3 Å². The van der Waals surface area contributed by atoms with Gasteiger partial charge in [0.2, 0.25) is 0 Å². The fourth-order valence-corrected chi connectivity index (χ4v) is 3.00. The minimum atomic E-state index is 0.177. The van der Waals surface area contributed by atoms with Crippen molar-refractivity contribution in [2.75, 3.05) is 18.1 Å². The predicted molar refractivity (Wildman–Crippen MR) is 78.2 cm³/mol. The smallest absolute Gasteiger partial charge is 0.131 e. The summed E-state index contributed by atoms with van der Waals surface area (Å²) in [6, 6.07) is 2.63. The molecule has 1 saturated carbocycles. The van der Waals surface area contributed by atoms with Gasteiger partial charge in [-0.15, -0.1) is 0 Å². The molecule has 3 N–H and O–H groups in total. The Morgan fingerprint density at radius 3 is 2.68 bits per heavy atom. The third-order valence-corrected chi connectivity index (χ3v) is 3.97. The largest absolute Gasteiger partial charge is 0.395 e. The number of hydrogen-bond donors (Lipinski definition) is 2. The SMILES string of the molecule is Cc1cc(CN)cnc1N(CCO)C1CCCCC1. The summed E-state index contributed by atoms with van der Waals surface area (Å²) in [5.74, 6) is 1.01. The zero-order chi connectivity index (χ0) is 13.7. The number of nitrogens with two attached hydrogens (primary N) is 1. The van der Waals surface area contributed by atoms with Crippen molar-refractivity contribution < 1.29 is 5.11 Å². The molecule has 106 valence electrons. The maximum Gasteiger partial charge on any atom is 0.131 e. The van der Waals surface area contributed by atoms with Gasteiger partial charge in [-0.25, -0.2) is 4.98 Å². The van der Waals surface area contributed by atoms with Crippen LogP contribution in [0.5, 0.6) is 0 Å². The van der Waals surface area contributed by atoms with E-state index in [-0.39, 0.29) is 6.61 Å². The van der Waals surface area contributed by atoms with E-state index in [1.165, 1.54) is 32.1 Å². The molecule has 0 radical (unpaired) electrons. The van der Waals surface area contributed by atoms with Gasteiger partial charge in [-0.05, 0) is 37.0 Å². The van der Waals surface area contributed by atoms with Gasteiger partial charge < -0.3 is 15.7 Å². The molecule has 0 saturated heterocycles. The zero-order valence-corrected chi connectivity index (χ0v) is 11.8. The first-order chi connectivity index (χ1) is 9.26. The summed E-state index contributed by atoms with van der Waals surface area (Å²) in [4.78, 5) is 6.86. The molecule has 0 spiro atoms. The van der Waals surface area contributed by atoms with E-state index in [1.54, 1.807) is 0 Å². The van der Waals surface area contributed by atoms with E-state index in [4.69, 9.17) is 5.73 Å². The molecule has 19 heavy (non-hydrogen) atoms. The number of anilines is 1. The van der Waals surface area contributed by atoms with Crippen LogP contribution in [0.3, 0.4) is 0 Å². The quantitative estimate of drug-likeness (QED) is 0.852. The first kappa shape index (κ1) is 14.3. The molecule has 0 aromatic carbocycles. The van der Waals surface area contributed by atoms with E-state index < -0.39 is 0 Å². The molecule has 0 atom stereocenters. The molecule has 1 fully saturated rings. The van der Waals surface area contributed by atoms with Crippen LogP contribution in [0.2, 0.25) is 0 Å². The van der Waals surface area contributed by atoms with Crippen molar-refractivity contribution in [2.45, 2.75) is 51.6 Å². The van der Waals surface area contributed by atoms with Gasteiger partial charge in [0.05, 0.1) is 6.61 Å². The average molecular weight is 263 g/mol. The fraction of sp³-hybridized carbons (Fsp3) is 0.667. The van der Waals surface area contributed by atoms with E-state index in [1.807, 2.05) is 6.20 Å². The molecular formula is C15H25N3O. The van der Waals surface area contributed by atoms with Crippen molar-refractivity contribution in [3.05, 3.63) is 23.4 Å². The minimum absolute atomic E-state index is 0.177. The molecule has 0 unspecified atom stereocenters. The lowest BCUT2D eigenvalue weighted by atomic mass is 9.94. The van der Waals surface area contributed by atoms with Crippen LogP contribution in [0.15, 0.2) is 12.3 Å². The normalized spacial score (nSPS) is 16.6. The van der Waals surface area contributed by atoms with Crippen molar-refractivity contribution in [2.24, 2.45) is 5.73 Å². The molecule has 2 rings (SSSR count). The van der Waals surface area contributed by atoms with Crippen LogP contribution in [0.25, 0.3) is 0 Å². The Morgan fingerprint density at radius 1 is 1.37 bits per heavy atom. The molecule has 1 aliphatic rings. The summed E-state index contributed by atoms with van der Waals surface area (Å²) in [6.45, 7) is 3.45. The second-order valence-electron chi connectivity index (χ2n) is 5.40. The van der Waals surface area contributed by atoms with Gasteiger partial charge in [0.15, 0.2) is 0 Å². The maximum atomic E-state index is 9.33. The van der Waals surface area contributed by atoms with Crippen molar-refractivity contribution in [1.82, 2.24) is 4.98 Å². The highest BCUT2D eigenvalue weighted by atomic mass is 16.3. The molecule has 0 bridgehead atoms. The fourth-order valence-electron chi connectivity index (χ4n) is 3.00. The van der Waals surface area contributed by atoms with Gasteiger partial charge in [-0.3, -0.25) is 0 Å². The monoisotopic (exact) mass is 263 g/mol. The summed E-state index contributed by atoms with van der Waals surface area (Å²) in [7, 11) is 0. The molecule has 1 heterocycles. The highest BCUT2D eigenvalue weighted by molar-refractivity contribution is 5.48. The molecular weight excluding hydrogens is 238 g/mol. The van der Waals surface area contributed by atoms with Crippen LogP contribution in [0, 0.1) is 6.92 Å². The zero-order valence-electron chi connectivity index (χ0n) is 11.8. The standard InChI is InChI=1S/C15H25N3O/c1-12-9-13(10-16)11-17-15(12)18(7-8-19)14-5-3-2-4-6-14/h9,11,14,19H,2-8,10,16H2,1H3. The number of aryl methyl sites for hydroxylation is 1. The first-order valence-corrected chi connectivity index (χ1v) is 7.29. The summed E-state index contributed by atoms with van der Waals surface area (Å²) in [5.41, 5.74) is 7.87. The molecule has 1 aliphatic carbocycles. The lowest BCUT2D eigenvalue weighted by Gasteiger charge is -2.35. The summed E-state index contributed by atoms with van der Waals surface area (Å²) in [5, 5.41) is 9.33. The van der Waals surface area contributed by atoms with E-state index in [0.717, 1.165) is 16.9 Å². The molecule has 1 aromatic heterocycles. The van der Waals surface area contributed by atoms with E-state index in [2.05, 4.69) is 22.9 Å². The second-order valence-corrected chi connectivity index (χ2v) is 5.40. The molecule has 4 heteroatoms. The van der Waals surface area contributed by atoms with Gasteiger partial charge in [0.1, 0.15) is 5.82 Å². The number of aliphatic hydroxyl groups is 1. The highest BCUT2D eigenvalue weighted by Gasteiger charge is 2.23. The van der Waals surface area contributed by atoms with Crippen molar-refractivity contribution >= 4 is 5.82 Å². The maximum absolute atomic E-state index is 9.33. The Hall–Kier alpha value is -1.13. The Bertz CT molecular complexity index is 402. The number of nitrogens with zero attached hydrogens (tertiary/aromatic N) is 2. The minimum Gasteiger partial charge on any atom is -0.395 e. The lowest BCUT2D eigenvalue weighted by Crippen LogP contribution is -2.39. The Labute approximate surface area is 115 Å². The topological polar surface area (TPSA) is 62.4 Å². The third-order valence-electron chi connectivity index (χ3n) is 3.97. The molecule has 0 aliphatic heterocycles. The van der Waals surface area contributed by atoms with E-state index in [9.17, 15) is 5.11 Å². The lowest BCUT2D eigenvalue weighted by molar-refractivity contribution is 0.289. The number of pyridine rings is 1. The van der Waals surface area contributed by atoms with Gasteiger partial charge in [-0.1, -0.05) is 19.3 Å². The number of rotatable bonds is 5. The van der Waals surface area contributed by atoms with Crippen LogP contribution in [0.1, 0.15) is 43.2 Å². The van der Waals surface area contributed by atoms with Gasteiger partial charge in [-0.2, -0.15) is 0 Å². The van der Waals surface area contributed by atoms with Gasteiger partial charge >= 0.3 is 0 Å². The van der Waals surface area contributed by atoms with Crippen LogP contribution >= 0.6 is 0 Å². The average Bonchev–Trinajstić information content (AvgIpc) is 2.46. The Balaban J connectivity index is 2.22. The van der Waals surface area contributed by atoms with Crippen LogP contribution < -0.4 is 10.6 Å². The molecule has 0 amide bonds. The van der Waals surface area contributed by atoms with E-state index in [0.29, 0.717) is 19.1 Å². The summed E-state index contributed by atoms with van der Waals surface area (Å²) >= 11 is 0. The van der Waals surface area contributed by atoms with E-state index >= 15 is 0 Å². The Kier molecular flexibility index (Phi) is 5.16. The first-order valence-electron chi connectivity index (χ1n) is 7.29. The van der Waals surface area contributed by atoms with Crippen molar-refractivity contribution in [3.8, 4) is 0 Å².